The molecule has 2 N–H and O–H groups in total. The molecule has 4 rings (SSSR count). The molecule has 4 heteroatoms. The van der Waals surface area contributed by atoms with Crippen LogP contribution in [0.4, 0.5) is 0 Å². The second kappa shape index (κ2) is 5.59. The Balaban J connectivity index is 1.37. The van der Waals surface area contributed by atoms with Crippen LogP contribution in [0, 0.1) is 11.3 Å². The van der Waals surface area contributed by atoms with Crippen molar-refractivity contribution >= 4 is 16.8 Å². The van der Waals surface area contributed by atoms with E-state index in [9.17, 15) is 4.79 Å². The van der Waals surface area contributed by atoms with Crippen LogP contribution in [0.1, 0.15) is 44.7 Å². The predicted molar refractivity (Wildman–Crippen MR) is 90.3 cm³/mol. The molecule has 2 saturated carbocycles. The Morgan fingerprint density at radius 2 is 2.17 bits per heavy atom. The van der Waals surface area contributed by atoms with Crippen LogP contribution in [0.5, 0.6) is 5.75 Å². The van der Waals surface area contributed by atoms with E-state index < -0.39 is 0 Å². The number of carbonyl (C=O) groups excluding carboxylic acids is 1. The van der Waals surface area contributed by atoms with E-state index in [2.05, 4.69) is 28.5 Å². The van der Waals surface area contributed by atoms with Crippen molar-refractivity contribution in [2.45, 2.75) is 45.6 Å². The van der Waals surface area contributed by atoms with Crippen molar-refractivity contribution in [2.75, 3.05) is 6.61 Å². The third-order valence-corrected chi connectivity index (χ3v) is 5.13. The van der Waals surface area contributed by atoms with E-state index in [0.29, 0.717) is 6.54 Å². The summed E-state index contributed by atoms with van der Waals surface area (Å²) in [6.07, 6.45) is 5.92. The molecule has 0 unspecified atom stereocenters. The molecular weight excluding hydrogens is 288 g/mol. The highest BCUT2D eigenvalue weighted by atomic mass is 16.5. The van der Waals surface area contributed by atoms with Crippen LogP contribution in [-0.2, 0) is 11.3 Å². The molecule has 1 aromatic carbocycles. The minimum atomic E-state index is -0.116. The number of H-pyrrole nitrogens is 1. The number of aromatic nitrogens is 1. The van der Waals surface area contributed by atoms with Gasteiger partial charge in [-0.15, -0.1) is 0 Å². The number of benzene rings is 1. The van der Waals surface area contributed by atoms with Gasteiger partial charge < -0.3 is 15.0 Å². The number of aromatic amines is 1. The lowest BCUT2D eigenvalue weighted by atomic mass is 10.1. The Hall–Kier alpha value is -1.97. The maximum atomic E-state index is 12.0. The largest absolute Gasteiger partial charge is 0.494 e. The van der Waals surface area contributed by atoms with E-state index in [1.165, 1.54) is 19.3 Å². The zero-order valence-electron chi connectivity index (χ0n) is 13.7. The molecule has 122 valence electrons. The first-order chi connectivity index (χ1) is 11.1. The van der Waals surface area contributed by atoms with Crippen LogP contribution >= 0.6 is 0 Å². The SMILES string of the molecule is CC1(C(=O)NCc2cc3ccc(OCCC4CC4)cc3[nH]2)CC1. The minimum Gasteiger partial charge on any atom is -0.494 e. The predicted octanol–water partition coefficient (Wildman–Crippen LogP) is 3.76. The molecule has 23 heavy (non-hydrogen) atoms. The summed E-state index contributed by atoms with van der Waals surface area (Å²) in [5, 5.41) is 4.18. The highest BCUT2D eigenvalue weighted by Gasteiger charge is 2.44. The second-order valence-corrected chi connectivity index (χ2v) is 7.37. The van der Waals surface area contributed by atoms with Crippen molar-refractivity contribution in [3.8, 4) is 5.75 Å². The fourth-order valence-electron chi connectivity index (χ4n) is 2.90. The fraction of sp³-hybridized carbons (Fsp3) is 0.526. The van der Waals surface area contributed by atoms with Gasteiger partial charge in [0.05, 0.1) is 13.2 Å². The molecule has 1 amide bonds. The summed E-state index contributed by atoms with van der Waals surface area (Å²) in [6, 6.07) is 8.25. The van der Waals surface area contributed by atoms with E-state index in [0.717, 1.165) is 47.7 Å². The molecule has 2 aliphatic rings. The zero-order chi connectivity index (χ0) is 15.9. The van der Waals surface area contributed by atoms with Crippen LogP contribution < -0.4 is 10.1 Å². The molecule has 2 fully saturated rings. The standard InChI is InChI=1S/C19H24N2O2/c1-19(7-8-19)18(22)20-12-15-10-14-4-5-16(11-17(14)21-15)23-9-6-13-2-3-13/h4-5,10-11,13,21H,2-3,6-9,12H2,1H3,(H,20,22). The third-order valence-electron chi connectivity index (χ3n) is 5.13. The zero-order valence-corrected chi connectivity index (χ0v) is 13.7. The van der Waals surface area contributed by atoms with Crippen LogP contribution in [0.2, 0.25) is 0 Å². The lowest BCUT2D eigenvalue weighted by Crippen LogP contribution is -2.29. The number of fused-ring (bicyclic) bond motifs is 1. The van der Waals surface area contributed by atoms with Gasteiger partial charge in [-0.2, -0.15) is 0 Å². The molecule has 0 saturated heterocycles. The van der Waals surface area contributed by atoms with Gasteiger partial charge in [0.25, 0.3) is 0 Å². The Bertz CT molecular complexity index is 726. The molecule has 0 bridgehead atoms. The monoisotopic (exact) mass is 312 g/mol. The quantitative estimate of drug-likeness (QED) is 0.818. The van der Waals surface area contributed by atoms with Crippen molar-refractivity contribution in [3.05, 3.63) is 30.0 Å². The van der Waals surface area contributed by atoms with Crippen LogP contribution in [0.3, 0.4) is 0 Å². The summed E-state index contributed by atoms with van der Waals surface area (Å²) in [5.74, 6) is 1.98. The maximum absolute atomic E-state index is 12.0. The molecule has 0 aliphatic heterocycles. The molecule has 0 atom stereocenters. The summed E-state index contributed by atoms with van der Waals surface area (Å²) < 4.78 is 5.84. The number of nitrogens with one attached hydrogen (secondary N) is 2. The topological polar surface area (TPSA) is 54.1 Å². The number of ether oxygens (including phenoxy) is 1. The summed E-state index contributed by atoms with van der Waals surface area (Å²) in [7, 11) is 0. The van der Waals surface area contributed by atoms with Gasteiger partial charge in [0, 0.05) is 22.7 Å². The summed E-state index contributed by atoms with van der Waals surface area (Å²) in [5.41, 5.74) is 1.98. The minimum absolute atomic E-state index is 0.116. The van der Waals surface area contributed by atoms with E-state index >= 15 is 0 Å². The molecule has 1 aromatic heterocycles. The molecule has 0 radical (unpaired) electrons. The van der Waals surface area contributed by atoms with Crippen LogP contribution in [0.15, 0.2) is 24.3 Å². The average Bonchev–Trinajstić information content (AvgIpc) is 3.45. The van der Waals surface area contributed by atoms with Crippen molar-refractivity contribution in [1.29, 1.82) is 0 Å². The van der Waals surface area contributed by atoms with Gasteiger partial charge in [0.15, 0.2) is 0 Å². The third kappa shape index (κ3) is 3.36. The summed E-state index contributed by atoms with van der Waals surface area (Å²) in [4.78, 5) is 15.4. The first-order valence-corrected chi connectivity index (χ1v) is 8.65. The van der Waals surface area contributed by atoms with Gasteiger partial charge >= 0.3 is 0 Å². The van der Waals surface area contributed by atoms with E-state index in [4.69, 9.17) is 4.74 Å². The van der Waals surface area contributed by atoms with Gasteiger partial charge in [0.1, 0.15) is 5.75 Å². The molecular formula is C19H24N2O2. The van der Waals surface area contributed by atoms with Gasteiger partial charge in [0.2, 0.25) is 5.91 Å². The van der Waals surface area contributed by atoms with E-state index in [1.54, 1.807) is 0 Å². The van der Waals surface area contributed by atoms with Gasteiger partial charge in [-0.05, 0) is 48.8 Å². The fourth-order valence-corrected chi connectivity index (χ4v) is 2.90. The highest BCUT2D eigenvalue weighted by molar-refractivity contribution is 5.85. The normalized spacial score (nSPS) is 18.8. The van der Waals surface area contributed by atoms with E-state index in [1.807, 2.05) is 13.0 Å². The van der Waals surface area contributed by atoms with Crippen LogP contribution in [0.25, 0.3) is 10.9 Å². The average molecular weight is 312 g/mol. The number of rotatable bonds is 7. The van der Waals surface area contributed by atoms with Gasteiger partial charge in [-0.3, -0.25) is 4.79 Å². The summed E-state index contributed by atoms with van der Waals surface area (Å²) in [6.45, 7) is 3.39. The lowest BCUT2D eigenvalue weighted by Gasteiger charge is -2.08. The first-order valence-electron chi connectivity index (χ1n) is 8.65. The van der Waals surface area contributed by atoms with Crippen molar-refractivity contribution in [3.63, 3.8) is 0 Å². The smallest absolute Gasteiger partial charge is 0.226 e. The van der Waals surface area contributed by atoms with Crippen molar-refractivity contribution in [2.24, 2.45) is 11.3 Å². The Kier molecular flexibility index (Phi) is 3.55. The number of hydrogen-bond acceptors (Lipinski definition) is 2. The molecule has 4 nitrogen and oxygen atoms in total. The maximum Gasteiger partial charge on any atom is 0.226 e. The molecule has 2 aliphatic carbocycles. The van der Waals surface area contributed by atoms with Crippen molar-refractivity contribution in [1.82, 2.24) is 10.3 Å². The van der Waals surface area contributed by atoms with Gasteiger partial charge in [-0.1, -0.05) is 19.8 Å². The Morgan fingerprint density at radius 3 is 2.91 bits per heavy atom. The Labute approximate surface area is 136 Å². The number of hydrogen-bond donors (Lipinski definition) is 2. The molecule has 0 spiro atoms. The highest BCUT2D eigenvalue weighted by Crippen LogP contribution is 2.45. The lowest BCUT2D eigenvalue weighted by molar-refractivity contribution is -0.125. The number of carbonyl (C=O) groups is 1. The van der Waals surface area contributed by atoms with Crippen molar-refractivity contribution < 1.29 is 9.53 Å². The Morgan fingerprint density at radius 1 is 1.35 bits per heavy atom. The van der Waals surface area contributed by atoms with E-state index in [-0.39, 0.29) is 11.3 Å². The van der Waals surface area contributed by atoms with Crippen LogP contribution in [-0.4, -0.2) is 17.5 Å². The summed E-state index contributed by atoms with van der Waals surface area (Å²) >= 11 is 0. The van der Waals surface area contributed by atoms with Gasteiger partial charge in [-0.25, -0.2) is 0 Å². The number of amides is 1. The first kappa shape index (κ1) is 14.6. The molecule has 2 aromatic rings. The molecule has 1 heterocycles. The second-order valence-electron chi connectivity index (χ2n) is 7.37.